The lowest BCUT2D eigenvalue weighted by Gasteiger charge is -2.21. The molecular formula is C34H48O. The molecule has 0 bridgehead atoms. The Bertz CT molecular complexity index is 1170. The van der Waals surface area contributed by atoms with Gasteiger partial charge in [0.1, 0.15) is 0 Å². The van der Waals surface area contributed by atoms with Gasteiger partial charge in [-0.05, 0) is 88.0 Å². The van der Waals surface area contributed by atoms with Crippen LogP contribution in [0.15, 0.2) is 60.7 Å². The van der Waals surface area contributed by atoms with E-state index in [-0.39, 0.29) is 0 Å². The molecule has 0 saturated heterocycles. The van der Waals surface area contributed by atoms with Crippen molar-refractivity contribution in [2.24, 2.45) is 0 Å². The van der Waals surface area contributed by atoms with Crippen molar-refractivity contribution in [1.29, 1.82) is 0 Å². The van der Waals surface area contributed by atoms with Gasteiger partial charge in [-0.1, -0.05) is 115 Å². The van der Waals surface area contributed by atoms with Crippen molar-refractivity contribution < 1.29 is 5.11 Å². The average molecular weight is 473 g/mol. The van der Waals surface area contributed by atoms with E-state index in [4.69, 9.17) is 5.11 Å². The maximum Gasteiger partial charge on any atom is 0.0319 e. The lowest BCUT2D eigenvalue weighted by Crippen LogP contribution is -2.00. The van der Waals surface area contributed by atoms with Gasteiger partial charge in [-0.3, -0.25) is 0 Å². The van der Waals surface area contributed by atoms with E-state index < -0.39 is 0 Å². The van der Waals surface area contributed by atoms with Crippen molar-refractivity contribution in [3.63, 3.8) is 0 Å². The van der Waals surface area contributed by atoms with E-state index in [0.29, 0.717) is 0 Å². The zero-order chi connectivity index (χ0) is 26.4. The van der Waals surface area contributed by atoms with Gasteiger partial charge in [-0.2, -0.15) is 0 Å². The monoisotopic (exact) mass is 472 g/mol. The van der Waals surface area contributed by atoms with Crippen LogP contribution in [0, 0.1) is 13.8 Å². The second-order valence-electron chi connectivity index (χ2n) is 8.40. The van der Waals surface area contributed by atoms with E-state index in [0.717, 1.165) is 20.0 Å². The Morgan fingerprint density at radius 1 is 0.543 bits per heavy atom. The minimum absolute atomic E-state index is 1.00. The van der Waals surface area contributed by atoms with E-state index in [9.17, 15) is 0 Å². The first kappa shape index (κ1) is 30.4. The molecule has 190 valence electrons. The maximum atomic E-state index is 7.00. The molecule has 0 amide bonds. The van der Waals surface area contributed by atoms with Gasteiger partial charge in [0, 0.05) is 7.11 Å². The fraction of sp³-hybridized carbons (Fsp3) is 0.412. The summed E-state index contributed by atoms with van der Waals surface area (Å²) in [5.41, 5.74) is 8.72. The molecule has 1 N–H and O–H groups in total. The molecule has 4 aromatic carbocycles. The van der Waals surface area contributed by atoms with Crippen LogP contribution in [0.4, 0.5) is 0 Å². The number of benzene rings is 4. The summed E-state index contributed by atoms with van der Waals surface area (Å²) in [5, 5.41) is 12.6. The molecule has 0 saturated carbocycles. The highest BCUT2D eigenvalue weighted by Gasteiger charge is 2.18. The zero-order valence-corrected chi connectivity index (χ0v) is 23.8. The summed E-state index contributed by atoms with van der Waals surface area (Å²) < 4.78 is 0. The molecular weight excluding hydrogens is 424 g/mol. The highest BCUT2D eigenvalue weighted by Crippen LogP contribution is 2.42. The fourth-order valence-corrected chi connectivity index (χ4v) is 4.88. The molecule has 0 fully saturated rings. The summed E-state index contributed by atoms with van der Waals surface area (Å²) in [5.74, 6) is 0. The smallest absolute Gasteiger partial charge is 0.0319 e. The SMILES string of the molecule is CC.CC.CCCCc1cc(C)c2ccccc2c1-c1c(CCC)cc(C)c2ccccc12.CO. The molecule has 0 heterocycles. The van der Waals surface area contributed by atoms with E-state index >= 15 is 0 Å². The van der Waals surface area contributed by atoms with Gasteiger partial charge >= 0.3 is 0 Å². The molecule has 0 aromatic heterocycles. The van der Waals surface area contributed by atoms with E-state index in [1.165, 1.54) is 74.2 Å². The van der Waals surface area contributed by atoms with Gasteiger partial charge < -0.3 is 5.11 Å². The molecule has 0 unspecified atom stereocenters. The molecule has 4 aromatic rings. The summed E-state index contributed by atoms with van der Waals surface area (Å²) in [6, 6.07) is 22.9. The third-order valence-corrected chi connectivity index (χ3v) is 6.24. The predicted molar refractivity (Wildman–Crippen MR) is 160 cm³/mol. The summed E-state index contributed by atoms with van der Waals surface area (Å²) in [6.07, 6.45) is 5.89. The topological polar surface area (TPSA) is 20.2 Å². The van der Waals surface area contributed by atoms with Crippen LogP contribution in [0.3, 0.4) is 0 Å². The Balaban J connectivity index is 0.000000949. The van der Waals surface area contributed by atoms with Crippen LogP contribution in [0.5, 0.6) is 0 Å². The van der Waals surface area contributed by atoms with Crippen molar-refractivity contribution >= 4 is 21.5 Å². The average Bonchev–Trinajstić information content (AvgIpc) is 2.92. The van der Waals surface area contributed by atoms with Crippen molar-refractivity contribution in [3.05, 3.63) is 82.9 Å². The lowest BCUT2D eigenvalue weighted by molar-refractivity contribution is 0.399. The first-order valence-electron chi connectivity index (χ1n) is 13.6. The number of aryl methyl sites for hydroxylation is 4. The quantitative estimate of drug-likeness (QED) is 0.296. The second kappa shape index (κ2) is 16.1. The highest BCUT2D eigenvalue weighted by atomic mass is 16.2. The van der Waals surface area contributed by atoms with Crippen LogP contribution >= 0.6 is 0 Å². The fourth-order valence-electron chi connectivity index (χ4n) is 4.88. The van der Waals surface area contributed by atoms with Crippen molar-refractivity contribution in [2.45, 2.75) is 87.5 Å². The Morgan fingerprint density at radius 3 is 1.29 bits per heavy atom. The lowest BCUT2D eigenvalue weighted by atomic mass is 9.82. The number of hydrogen-bond donors (Lipinski definition) is 1. The molecule has 0 aliphatic rings. The van der Waals surface area contributed by atoms with Crippen LogP contribution in [-0.2, 0) is 12.8 Å². The second-order valence-corrected chi connectivity index (χ2v) is 8.40. The molecule has 0 spiro atoms. The number of rotatable bonds is 6. The van der Waals surface area contributed by atoms with Gasteiger partial charge in [0.2, 0.25) is 0 Å². The Morgan fingerprint density at radius 2 is 0.914 bits per heavy atom. The van der Waals surface area contributed by atoms with Crippen molar-refractivity contribution in [3.8, 4) is 11.1 Å². The molecule has 0 aliphatic carbocycles. The first-order valence-corrected chi connectivity index (χ1v) is 13.6. The minimum Gasteiger partial charge on any atom is -0.400 e. The Kier molecular flexibility index (Phi) is 14.0. The number of unbranched alkanes of at least 4 members (excludes halogenated alkanes) is 1. The number of aliphatic hydroxyl groups excluding tert-OH is 1. The van der Waals surface area contributed by atoms with E-state index in [1.54, 1.807) is 0 Å². The molecule has 35 heavy (non-hydrogen) atoms. The molecule has 0 aliphatic heterocycles. The van der Waals surface area contributed by atoms with Gasteiger partial charge in [-0.15, -0.1) is 0 Å². The minimum atomic E-state index is 1.00. The summed E-state index contributed by atoms with van der Waals surface area (Å²) in [4.78, 5) is 0. The van der Waals surface area contributed by atoms with Gasteiger partial charge in [0.05, 0.1) is 0 Å². The third kappa shape index (κ3) is 6.95. The van der Waals surface area contributed by atoms with Crippen LogP contribution in [0.1, 0.15) is 83.1 Å². The van der Waals surface area contributed by atoms with Gasteiger partial charge in [0.15, 0.2) is 0 Å². The maximum absolute atomic E-state index is 7.00. The molecule has 1 nitrogen and oxygen atoms in total. The highest BCUT2D eigenvalue weighted by molar-refractivity contribution is 6.09. The summed E-state index contributed by atoms with van der Waals surface area (Å²) >= 11 is 0. The predicted octanol–water partition coefficient (Wildman–Crippen LogP) is 10.2. The largest absolute Gasteiger partial charge is 0.400 e. The number of hydrogen-bond acceptors (Lipinski definition) is 1. The first-order chi connectivity index (χ1) is 17.2. The third-order valence-electron chi connectivity index (χ3n) is 6.24. The number of fused-ring (bicyclic) bond motifs is 2. The molecule has 4 rings (SSSR count). The van der Waals surface area contributed by atoms with E-state index in [1.807, 2.05) is 27.7 Å². The molecule has 1 heteroatoms. The zero-order valence-electron chi connectivity index (χ0n) is 23.8. The van der Waals surface area contributed by atoms with Gasteiger partial charge in [0.25, 0.3) is 0 Å². The summed E-state index contributed by atoms with van der Waals surface area (Å²) in [7, 11) is 1.00. The van der Waals surface area contributed by atoms with E-state index in [2.05, 4.69) is 88.4 Å². The number of aliphatic hydroxyl groups is 1. The Hall–Kier alpha value is -2.64. The summed E-state index contributed by atoms with van der Waals surface area (Å²) in [6.45, 7) is 17.1. The van der Waals surface area contributed by atoms with Crippen LogP contribution in [0.2, 0.25) is 0 Å². The van der Waals surface area contributed by atoms with Crippen molar-refractivity contribution in [1.82, 2.24) is 0 Å². The molecule has 0 radical (unpaired) electrons. The normalized spacial score (nSPS) is 10.0. The van der Waals surface area contributed by atoms with Crippen LogP contribution in [0.25, 0.3) is 32.7 Å². The Labute approximate surface area is 215 Å². The standard InChI is InChI=1S/C29H32.2C2H6.CH4O/c1-5-7-13-23-19-21(4)25-15-9-11-17-27(25)29(23)28-22(12-6-2)18-20(3)24-14-8-10-16-26(24)28;3*1-2/h8-11,14-19H,5-7,12-13H2,1-4H3;2*1-2H3;2H,1H3. The van der Waals surface area contributed by atoms with Crippen LogP contribution in [-0.4, -0.2) is 12.2 Å². The van der Waals surface area contributed by atoms with Crippen molar-refractivity contribution in [2.75, 3.05) is 7.11 Å². The van der Waals surface area contributed by atoms with Gasteiger partial charge in [-0.25, -0.2) is 0 Å². The van der Waals surface area contributed by atoms with Crippen LogP contribution < -0.4 is 0 Å². The molecule has 0 atom stereocenters.